The van der Waals surface area contributed by atoms with Gasteiger partial charge in [-0.15, -0.1) is 24.0 Å². The largest absolute Gasteiger partial charge is 0.497 e. The summed E-state index contributed by atoms with van der Waals surface area (Å²) in [5.41, 5.74) is 1.48. The first-order valence-corrected chi connectivity index (χ1v) is 9.86. The Hall–Kier alpha value is -2.50. The zero-order valence-corrected chi connectivity index (χ0v) is 20.9. The maximum atomic E-state index is 12.7. The fourth-order valence-corrected chi connectivity index (χ4v) is 2.77. The second-order valence-electron chi connectivity index (χ2n) is 6.47. The zero-order chi connectivity index (χ0) is 22.6. The van der Waals surface area contributed by atoms with Crippen molar-refractivity contribution >= 4 is 29.9 Å². The van der Waals surface area contributed by atoms with Crippen molar-refractivity contribution in [2.45, 2.75) is 33.0 Å². The zero-order valence-electron chi connectivity index (χ0n) is 18.6. The molecule has 0 aliphatic rings. The molecule has 0 aromatic heterocycles. The van der Waals surface area contributed by atoms with Gasteiger partial charge in [-0.2, -0.15) is 8.78 Å². The minimum atomic E-state index is -2.91. The van der Waals surface area contributed by atoms with Gasteiger partial charge in [0.25, 0.3) is 0 Å². The van der Waals surface area contributed by atoms with Crippen LogP contribution in [0.15, 0.2) is 41.4 Å². The fraction of sp³-hybridized carbons (Fsp3) is 0.409. The number of nitrogens with zero attached hydrogens (tertiary/aromatic N) is 1. The molecule has 0 saturated heterocycles. The van der Waals surface area contributed by atoms with Crippen LogP contribution in [0.25, 0.3) is 0 Å². The van der Waals surface area contributed by atoms with E-state index in [1.54, 1.807) is 26.3 Å². The molecule has 0 aliphatic carbocycles. The first-order chi connectivity index (χ1) is 15.0. The van der Waals surface area contributed by atoms with Crippen LogP contribution in [0.1, 0.15) is 24.5 Å². The molecule has 10 heteroatoms. The molecule has 2 N–H and O–H groups in total. The average Bonchev–Trinajstić information content (AvgIpc) is 2.78. The highest BCUT2D eigenvalue weighted by Crippen LogP contribution is 2.28. The van der Waals surface area contributed by atoms with Crippen LogP contribution in [0.2, 0.25) is 0 Å². The number of hydrogen-bond acceptors (Lipinski definition) is 5. The molecule has 0 heterocycles. The summed E-state index contributed by atoms with van der Waals surface area (Å²) in [6, 6.07) is 10.3. The molecule has 178 valence electrons. The van der Waals surface area contributed by atoms with Gasteiger partial charge in [0.2, 0.25) is 0 Å². The van der Waals surface area contributed by atoms with Crippen molar-refractivity contribution in [2.24, 2.45) is 4.99 Å². The lowest BCUT2D eigenvalue weighted by Gasteiger charge is -2.16. The molecule has 0 bridgehead atoms. The third kappa shape index (κ3) is 8.56. The maximum absolute atomic E-state index is 12.7. The summed E-state index contributed by atoms with van der Waals surface area (Å²) in [5.74, 6) is 2.46. The van der Waals surface area contributed by atoms with Gasteiger partial charge in [0, 0.05) is 25.7 Å². The molecule has 32 heavy (non-hydrogen) atoms. The highest BCUT2D eigenvalue weighted by molar-refractivity contribution is 14.0. The highest BCUT2D eigenvalue weighted by Gasteiger charge is 2.12. The third-order valence-corrected chi connectivity index (χ3v) is 4.30. The summed E-state index contributed by atoms with van der Waals surface area (Å²) in [5, 5.41) is 6.27. The molecule has 0 unspecified atom stereocenters. The van der Waals surface area contributed by atoms with E-state index in [0.717, 1.165) is 12.0 Å². The van der Waals surface area contributed by atoms with Crippen molar-refractivity contribution in [3.8, 4) is 23.0 Å². The van der Waals surface area contributed by atoms with Crippen molar-refractivity contribution in [1.29, 1.82) is 0 Å². The Balaban J connectivity index is 0.00000512. The van der Waals surface area contributed by atoms with Crippen molar-refractivity contribution in [3.05, 3.63) is 47.5 Å². The third-order valence-electron chi connectivity index (χ3n) is 4.30. The number of halogens is 3. The monoisotopic (exact) mass is 565 g/mol. The van der Waals surface area contributed by atoms with Gasteiger partial charge in [-0.1, -0.05) is 13.0 Å². The molecule has 2 aromatic rings. The lowest BCUT2D eigenvalue weighted by molar-refractivity contribution is -0.0505. The number of aliphatic imine (C=N–C) groups is 1. The summed E-state index contributed by atoms with van der Waals surface area (Å²) in [4.78, 5) is 4.17. The van der Waals surface area contributed by atoms with Gasteiger partial charge >= 0.3 is 6.61 Å². The quantitative estimate of drug-likeness (QED) is 0.236. The summed E-state index contributed by atoms with van der Waals surface area (Å²) < 4.78 is 46.2. The first kappa shape index (κ1) is 27.5. The number of hydrogen-bond donors (Lipinski definition) is 2. The van der Waals surface area contributed by atoms with E-state index >= 15 is 0 Å². The van der Waals surface area contributed by atoms with Gasteiger partial charge < -0.3 is 29.6 Å². The predicted molar refractivity (Wildman–Crippen MR) is 131 cm³/mol. The van der Waals surface area contributed by atoms with Crippen LogP contribution in [0.4, 0.5) is 8.78 Å². The van der Waals surface area contributed by atoms with E-state index in [9.17, 15) is 8.78 Å². The second-order valence-corrected chi connectivity index (χ2v) is 6.47. The Kier molecular flexibility index (Phi) is 12.5. The van der Waals surface area contributed by atoms with E-state index < -0.39 is 6.61 Å². The molecule has 0 atom stereocenters. The van der Waals surface area contributed by atoms with Crippen LogP contribution >= 0.6 is 24.0 Å². The molecular formula is C22H30F2IN3O4. The minimum Gasteiger partial charge on any atom is -0.497 e. The molecule has 0 aliphatic heterocycles. The minimum absolute atomic E-state index is 0. The highest BCUT2D eigenvalue weighted by atomic mass is 127. The van der Waals surface area contributed by atoms with Crippen LogP contribution in [0, 0.1) is 0 Å². The topological polar surface area (TPSA) is 73.3 Å². The van der Waals surface area contributed by atoms with Crippen molar-refractivity contribution in [2.75, 3.05) is 27.9 Å². The van der Waals surface area contributed by atoms with Gasteiger partial charge in [0.05, 0.1) is 20.8 Å². The Bertz CT molecular complexity index is 869. The van der Waals surface area contributed by atoms with Crippen LogP contribution in [0.3, 0.4) is 0 Å². The van der Waals surface area contributed by atoms with E-state index in [0.29, 0.717) is 41.9 Å². The molecule has 0 saturated carbocycles. The molecule has 0 spiro atoms. The molecule has 0 radical (unpaired) electrons. The maximum Gasteiger partial charge on any atom is 0.387 e. The Morgan fingerprint density at radius 1 is 0.969 bits per heavy atom. The number of rotatable bonds is 11. The van der Waals surface area contributed by atoms with E-state index in [2.05, 4.69) is 20.4 Å². The predicted octanol–water partition coefficient (Wildman–Crippen LogP) is 4.58. The van der Waals surface area contributed by atoms with Crippen molar-refractivity contribution in [3.63, 3.8) is 0 Å². The fourth-order valence-electron chi connectivity index (χ4n) is 2.77. The first-order valence-electron chi connectivity index (χ1n) is 9.86. The van der Waals surface area contributed by atoms with Gasteiger partial charge in [0.1, 0.15) is 11.5 Å². The van der Waals surface area contributed by atoms with Crippen LogP contribution < -0.4 is 29.6 Å². The number of guanidine groups is 1. The lowest BCUT2D eigenvalue weighted by Crippen LogP contribution is -2.36. The number of nitrogens with one attached hydrogen (secondary N) is 2. The Labute approximate surface area is 204 Å². The normalized spacial score (nSPS) is 10.9. The van der Waals surface area contributed by atoms with Crippen LogP contribution in [0.5, 0.6) is 23.0 Å². The summed E-state index contributed by atoms with van der Waals surface area (Å²) in [6.07, 6.45) is 0.909. The number of alkyl halides is 2. The number of ether oxygens (including phenoxy) is 4. The molecular weight excluding hydrogens is 535 g/mol. The number of methoxy groups -OCH3 is 2. The van der Waals surface area contributed by atoms with E-state index in [1.807, 2.05) is 25.1 Å². The summed E-state index contributed by atoms with van der Waals surface area (Å²) >= 11 is 0. The van der Waals surface area contributed by atoms with Crippen molar-refractivity contribution in [1.82, 2.24) is 10.6 Å². The van der Waals surface area contributed by atoms with E-state index in [-0.39, 0.29) is 36.3 Å². The molecule has 0 fully saturated rings. The van der Waals surface area contributed by atoms with Gasteiger partial charge in [0.15, 0.2) is 17.5 Å². The van der Waals surface area contributed by atoms with Gasteiger partial charge in [-0.3, -0.25) is 4.99 Å². The molecule has 7 nitrogen and oxygen atoms in total. The van der Waals surface area contributed by atoms with Gasteiger partial charge in [-0.25, -0.2) is 0 Å². The summed E-state index contributed by atoms with van der Waals surface area (Å²) in [7, 11) is 4.73. The van der Waals surface area contributed by atoms with Crippen LogP contribution in [-0.2, 0) is 13.1 Å². The number of benzene rings is 2. The Morgan fingerprint density at radius 3 is 2.31 bits per heavy atom. The molecule has 0 amide bonds. The van der Waals surface area contributed by atoms with Crippen LogP contribution in [-0.4, -0.2) is 40.4 Å². The second kappa shape index (κ2) is 14.5. The standard InChI is InChI=1S/C22H29F2N3O4.HI/c1-5-10-30-19-8-6-15(11-20(19)29-4)13-26-22(25-2)27-14-16-12-17(28-3)7-9-18(16)31-21(23)24;/h6-9,11-12,21H,5,10,13-14H2,1-4H3,(H2,25,26,27);1H. The molecule has 2 aromatic carbocycles. The lowest BCUT2D eigenvalue weighted by atomic mass is 10.2. The van der Waals surface area contributed by atoms with Crippen molar-refractivity contribution < 1.29 is 27.7 Å². The Morgan fingerprint density at radius 2 is 1.69 bits per heavy atom. The molecule has 2 rings (SSSR count). The average molecular weight is 565 g/mol. The van der Waals surface area contributed by atoms with E-state index in [4.69, 9.17) is 14.2 Å². The van der Waals surface area contributed by atoms with E-state index in [1.165, 1.54) is 13.2 Å². The summed E-state index contributed by atoms with van der Waals surface area (Å²) in [6.45, 7) is 0.432. The SMILES string of the molecule is CCCOc1ccc(CNC(=NC)NCc2cc(OC)ccc2OC(F)F)cc1OC.I. The smallest absolute Gasteiger partial charge is 0.387 e. The van der Waals surface area contributed by atoms with Gasteiger partial charge in [-0.05, 0) is 42.3 Å².